The van der Waals surface area contributed by atoms with E-state index in [0.717, 1.165) is 12.1 Å². The highest BCUT2D eigenvalue weighted by Crippen LogP contribution is 2.39. The molecule has 0 spiro atoms. The smallest absolute Gasteiger partial charge is 0.379 e. The minimum absolute atomic E-state index is 0. The minimum Gasteiger partial charge on any atom is -0.503 e. The summed E-state index contributed by atoms with van der Waals surface area (Å²) in [4.78, 5) is 11.2. The van der Waals surface area contributed by atoms with Gasteiger partial charge in [-0.2, -0.15) is 8.78 Å². The highest BCUT2D eigenvalue weighted by molar-refractivity contribution is 6.32. The number of phenols is 1. The van der Waals surface area contributed by atoms with E-state index in [4.69, 9.17) is 22.1 Å². The van der Waals surface area contributed by atoms with Crippen LogP contribution in [0.4, 0.5) is 8.78 Å². The van der Waals surface area contributed by atoms with Crippen LogP contribution in [0.1, 0.15) is 18.5 Å². The van der Waals surface area contributed by atoms with Crippen molar-refractivity contribution in [1.29, 1.82) is 0 Å². The molecule has 1 aromatic carbocycles. The van der Waals surface area contributed by atoms with E-state index < -0.39 is 23.7 Å². The maximum atomic E-state index is 13.8. The van der Waals surface area contributed by atoms with Gasteiger partial charge in [-0.15, -0.1) is 12.4 Å². The van der Waals surface area contributed by atoms with Crippen LogP contribution in [0.25, 0.3) is 0 Å². The van der Waals surface area contributed by atoms with Crippen molar-refractivity contribution in [1.82, 2.24) is 0 Å². The molecule has 3 N–H and O–H groups in total. The Bertz CT molecular complexity index is 514. The van der Waals surface area contributed by atoms with E-state index in [-0.39, 0.29) is 35.3 Å². The number of aromatic hydroxyl groups is 1. The Hall–Kier alpha value is -1.31. The second kappa shape index (κ2) is 7.63. The molecule has 0 aliphatic carbocycles. The molecule has 5 nitrogen and oxygen atoms in total. The van der Waals surface area contributed by atoms with Gasteiger partial charge in [0.25, 0.3) is 0 Å². The number of carbonyl (C=O) groups excluding carboxylic acids is 1. The number of rotatable bonds is 5. The fourth-order valence-electron chi connectivity index (χ4n) is 1.49. The molecule has 0 aliphatic rings. The average molecular weight is 346 g/mol. The summed E-state index contributed by atoms with van der Waals surface area (Å²) in [5.41, 5.74) is 5.24. The maximum Gasteiger partial charge on any atom is 0.379 e. The zero-order chi connectivity index (χ0) is 15.5. The molecule has 9 heteroatoms. The van der Waals surface area contributed by atoms with Gasteiger partial charge in [0, 0.05) is 0 Å². The number of methoxy groups -OCH3 is 1. The first-order valence-electron chi connectivity index (χ1n) is 5.62. The Morgan fingerprint density at radius 3 is 2.57 bits per heavy atom. The first-order chi connectivity index (χ1) is 9.25. The topological polar surface area (TPSA) is 81.8 Å². The highest BCUT2D eigenvalue weighted by Gasteiger charge is 2.48. The molecule has 0 bridgehead atoms. The Morgan fingerprint density at radius 2 is 2.10 bits per heavy atom. The third-order valence-electron chi connectivity index (χ3n) is 2.57. The number of hydrogen-bond donors (Lipinski definition) is 2. The van der Waals surface area contributed by atoms with Gasteiger partial charge >= 0.3 is 11.9 Å². The van der Waals surface area contributed by atoms with E-state index in [9.17, 15) is 18.7 Å². The number of alkyl halides is 2. The third-order valence-corrected chi connectivity index (χ3v) is 2.86. The predicted octanol–water partition coefficient (Wildman–Crippen LogP) is 2.67. The van der Waals surface area contributed by atoms with Gasteiger partial charge in [0.05, 0.1) is 18.7 Å². The van der Waals surface area contributed by atoms with Crippen molar-refractivity contribution in [3.63, 3.8) is 0 Å². The number of carbonyl (C=O) groups is 1. The number of benzene rings is 1. The lowest BCUT2D eigenvalue weighted by molar-refractivity contribution is -0.174. The number of halogens is 4. The number of nitrogens with two attached hydrogens (primary N) is 1. The van der Waals surface area contributed by atoms with Gasteiger partial charge < -0.3 is 20.3 Å². The number of ether oxygens (including phenoxy) is 2. The average Bonchev–Trinajstić information content (AvgIpc) is 2.41. The zero-order valence-corrected chi connectivity index (χ0v) is 12.8. The first-order valence-corrected chi connectivity index (χ1v) is 6.00. The normalized spacial score (nSPS) is 12.3. The van der Waals surface area contributed by atoms with Crippen LogP contribution >= 0.6 is 24.0 Å². The predicted molar refractivity (Wildman–Crippen MR) is 75.4 cm³/mol. The molecule has 1 aromatic rings. The molecule has 21 heavy (non-hydrogen) atoms. The van der Waals surface area contributed by atoms with Gasteiger partial charge in [-0.05, 0) is 24.6 Å². The molecule has 0 aliphatic heterocycles. The van der Waals surface area contributed by atoms with E-state index >= 15 is 0 Å². The Balaban J connectivity index is 0.00000400. The highest BCUT2D eigenvalue weighted by atomic mass is 35.5. The van der Waals surface area contributed by atoms with Gasteiger partial charge in [-0.25, -0.2) is 4.79 Å². The van der Waals surface area contributed by atoms with Crippen molar-refractivity contribution in [2.24, 2.45) is 5.73 Å². The van der Waals surface area contributed by atoms with Crippen molar-refractivity contribution in [2.45, 2.75) is 18.9 Å². The van der Waals surface area contributed by atoms with Gasteiger partial charge in [0.2, 0.25) is 0 Å². The molecular weight excluding hydrogens is 331 g/mol. The molecule has 0 radical (unpaired) electrons. The second-order valence-electron chi connectivity index (χ2n) is 3.87. The van der Waals surface area contributed by atoms with Crippen molar-refractivity contribution in [3.05, 3.63) is 22.7 Å². The monoisotopic (exact) mass is 345 g/mol. The molecule has 0 heterocycles. The van der Waals surface area contributed by atoms with Crippen LogP contribution in [0.2, 0.25) is 5.02 Å². The summed E-state index contributed by atoms with van der Waals surface area (Å²) in [6, 6.07) is 0.143. The van der Waals surface area contributed by atoms with E-state index in [1.807, 2.05) is 0 Å². The van der Waals surface area contributed by atoms with Crippen LogP contribution in [0.5, 0.6) is 11.5 Å². The quantitative estimate of drug-likeness (QED) is 0.801. The van der Waals surface area contributed by atoms with E-state index in [0.29, 0.717) is 0 Å². The zero-order valence-electron chi connectivity index (χ0n) is 11.2. The summed E-state index contributed by atoms with van der Waals surface area (Å²) in [5, 5.41) is 9.31. The van der Waals surface area contributed by atoms with Crippen LogP contribution in [0, 0.1) is 0 Å². The number of esters is 1. The fourth-order valence-corrected chi connectivity index (χ4v) is 1.71. The van der Waals surface area contributed by atoms with Gasteiger partial charge in [0.1, 0.15) is 6.04 Å². The van der Waals surface area contributed by atoms with E-state index in [1.165, 1.54) is 14.0 Å². The van der Waals surface area contributed by atoms with Crippen molar-refractivity contribution in [3.8, 4) is 11.5 Å². The summed E-state index contributed by atoms with van der Waals surface area (Å²) in [6.45, 7) is 1.21. The number of phenolic OH excluding ortho intramolecular Hbond substituents is 1. The third kappa shape index (κ3) is 4.09. The minimum atomic E-state index is -3.93. The molecule has 0 fully saturated rings. The summed E-state index contributed by atoms with van der Waals surface area (Å²) in [6.07, 6.45) is 0. The maximum absolute atomic E-state index is 13.8. The fraction of sp³-hybridized carbons (Fsp3) is 0.417. The molecule has 1 atom stereocenters. The van der Waals surface area contributed by atoms with E-state index in [1.54, 1.807) is 0 Å². The lowest BCUT2D eigenvalue weighted by Gasteiger charge is -2.22. The van der Waals surface area contributed by atoms with Gasteiger partial charge in [-0.3, -0.25) is 0 Å². The van der Waals surface area contributed by atoms with Crippen LogP contribution in [-0.2, 0) is 9.53 Å². The molecule has 0 saturated heterocycles. The summed E-state index contributed by atoms with van der Waals surface area (Å²) in [5.74, 6) is -6.18. The van der Waals surface area contributed by atoms with Crippen molar-refractivity contribution < 1.29 is 28.2 Å². The molecule has 0 aromatic heterocycles. The molecule has 1 rings (SSSR count). The summed E-state index contributed by atoms with van der Waals surface area (Å²) >= 11 is 5.69. The molecule has 120 valence electrons. The van der Waals surface area contributed by atoms with Crippen LogP contribution in [0.3, 0.4) is 0 Å². The first kappa shape index (κ1) is 19.7. The van der Waals surface area contributed by atoms with Crippen LogP contribution < -0.4 is 10.5 Å². The lowest BCUT2D eigenvalue weighted by Crippen LogP contribution is -2.41. The molecule has 0 saturated carbocycles. The standard InChI is InChI=1S/C12H14ClF2NO4.ClH/c1-3-20-11(18)12(14,15)10(16)6-4-7(13)9(17)8(5-6)19-2;/h4-5,10,17H,3,16H2,1-2H3;1H/t10-;/m1./s1. The van der Waals surface area contributed by atoms with Crippen LogP contribution in [0.15, 0.2) is 12.1 Å². The summed E-state index contributed by atoms with van der Waals surface area (Å²) < 4.78 is 36.7. The van der Waals surface area contributed by atoms with E-state index in [2.05, 4.69) is 4.74 Å². The number of hydrogen-bond acceptors (Lipinski definition) is 5. The molecule has 0 unspecified atom stereocenters. The van der Waals surface area contributed by atoms with Crippen molar-refractivity contribution in [2.75, 3.05) is 13.7 Å². The SMILES string of the molecule is CCOC(=O)C(F)(F)[C@H](N)c1cc(Cl)c(O)c(OC)c1.Cl. The van der Waals surface area contributed by atoms with Gasteiger partial charge in [-0.1, -0.05) is 11.6 Å². The Morgan fingerprint density at radius 1 is 1.52 bits per heavy atom. The summed E-state index contributed by atoms with van der Waals surface area (Å²) in [7, 11) is 1.23. The largest absolute Gasteiger partial charge is 0.503 e. The van der Waals surface area contributed by atoms with Crippen LogP contribution in [-0.4, -0.2) is 30.7 Å². The van der Waals surface area contributed by atoms with Crippen molar-refractivity contribution >= 4 is 30.0 Å². The lowest BCUT2D eigenvalue weighted by atomic mass is 10.0. The van der Waals surface area contributed by atoms with Gasteiger partial charge in [0.15, 0.2) is 11.5 Å². The molecule has 0 amide bonds. The Kier molecular flexibility index (Phi) is 7.15. The Labute approximate surface area is 131 Å². The molecular formula is C12H15Cl2F2NO4. The second-order valence-corrected chi connectivity index (χ2v) is 4.28.